The maximum Gasteiger partial charge on any atom is 0.120 e. The lowest BCUT2D eigenvalue weighted by molar-refractivity contribution is -0.108. The van der Waals surface area contributed by atoms with Gasteiger partial charge in [-0.15, -0.1) is 0 Å². The summed E-state index contributed by atoms with van der Waals surface area (Å²) in [5, 5.41) is 0. The lowest BCUT2D eigenvalue weighted by Crippen LogP contribution is -2.07. The summed E-state index contributed by atoms with van der Waals surface area (Å²) in [7, 11) is 0. The van der Waals surface area contributed by atoms with Crippen molar-refractivity contribution in [2.45, 2.75) is 52.4 Å². The molecule has 0 aromatic heterocycles. The maximum absolute atomic E-state index is 10.2. The third-order valence-electron chi connectivity index (χ3n) is 2.29. The van der Waals surface area contributed by atoms with E-state index in [0.29, 0.717) is 12.3 Å². The molecule has 0 aromatic carbocycles. The molecule has 14 heavy (non-hydrogen) atoms. The van der Waals surface area contributed by atoms with E-state index in [9.17, 15) is 4.79 Å². The van der Waals surface area contributed by atoms with Crippen LogP contribution in [0.25, 0.3) is 0 Å². The Morgan fingerprint density at radius 1 is 1.21 bits per heavy atom. The van der Waals surface area contributed by atoms with E-state index in [1.165, 1.54) is 25.7 Å². The Balaban J connectivity index is 3.01. The molecule has 0 radical (unpaired) electrons. The minimum atomic E-state index is 0.378. The number of hydrogen-bond donors (Lipinski definition) is 0. The summed E-state index contributed by atoms with van der Waals surface area (Å²) in [6.45, 7) is 5.85. The highest BCUT2D eigenvalue weighted by Gasteiger charge is 2.00. The third kappa shape index (κ3) is 9.72. The van der Waals surface area contributed by atoms with Gasteiger partial charge in [0, 0.05) is 19.6 Å². The van der Waals surface area contributed by atoms with Crippen LogP contribution in [0.15, 0.2) is 0 Å². The van der Waals surface area contributed by atoms with Gasteiger partial charge in [-0.1, -0.05) is 39.5 Å². The normalized spacial score (nSPS) is 12.7. The van der Waals surface area contributed by atoms with Gasteiger partial charge in [-0.2, -0.15) is 0 Å². The molecule has 1 unspecified atom stereocenters. The molecule has 0 aliphatic heterocycles. The van der Waals surface area contributed by atoms with Gasteiger partial charge in [-0.25, -0.2) is 0 Å². The summed E-state index contributed by atoms with van der Waals surface area (Å²) in [4.78, 5) is 10.2. The van der Waals surface area contributed by atoms with Gasteiger partial charge >= 0.3 is 0 Å². The Morgan fingerprint density at radius 3 is 2.57 bits per heavy atom. The van der Waals surface area contributed by atoms with Crippen LogP contribution in [-0.2, 0) is 9.53 Å². The fourth-order valence-electron chi connectivity index (χ4n) is 1.32. The fourth-order valence-corrected chi connectivity index (χ4v) is 1.32. The van der Waals surface area contributed by atoms with E-state index in [1.54, 1.807) is 0 Å². The number of rotatable bonds is 10. The number of hydrogen-bond acceptors (Lipinski definition) is 2. The molecule has 0 aliphatic carbocycles. The zero-order valence-corrected chi connectivity index (χ0v) is 9.63. The average Bonchev–Trinajstić information content (AvgIpc) is 2.17. The number of carbonyl (C=O) groups is 1. The lowest BCUT2D eigenvalue weighted by atomic mass is 10.1. The first-order valence-corrected chi connectivity index (χ1v) is 5.82. The van der Waals surface area contributed by atoms with Gasteiger partial charge in [-0.3, -0.25) is 0 Å². The number of carbonyl (C=O) groups excluding carboxylic acids is 1. The van der Waals surface area contributed by atoms with Crippen molar-refractivity contribution in [3.63, 3.8) is 0 Å². The van der Waals surface area contributed by atoms with Crippen LogP contribution in [0, 0.1) is 5.92 Å². The van der Waals surface area contributed by atoms with Crippen LogP contribution in [-0.4, -0.2) is 19.5 Å². The van der Waals surface area contributed by atoms with E-state index in [2.05, 4.69) is 6.92 Å². The largest absolute Gasteiger partial charge is 0.381 e. The fraction of sp³-hybridized carbons (Fsp3) is 0.917. The Hall–Kier alpha value is -0.370. The summed E-state index contributed by atoms with van der Waals surface area (Å²) in [5.74, 6) is 0.378. The van der Waals surface area contributed by atoms with Gasteiger partial charge in [0.15, 0.2) is 0 Å². The zero-order chi connectivity index (χ0) is 10.6. The van der Waals surface area contributed by atoms with Crippen LogP contribution in [0.5, 0.6) is 0 Å². The van der Waals surface area contributed by atoms with Gasteiger partial charge in [-0.05, 0) is 12.3 Å². The second-order valence-electron chi connectivity index (χ2n) is 4.00. The molecule has 0 saturated heterocycles. The van der Waals surface area contributed by atoms with Crippen molar-refractivity contribution in [3.8, 4) is 0 Å². The van der Waals surface area contributed by atoms with Crippen molar-refractivity contribution >= 4 is 6.29 Å². The predicted molar refractivity (Wildman–Crippen MR) is 59.4 cm³/mol. The van der Waals surface area contributed by atoms with Crippen molar-refractivity contribution in [3.05, 3.63) is 0 Å². The second-order valence-corrected chi connectivity index (χ2v) is 4.00. The van der Waals surface area contributed by atoms with Crippen molar-refractivity contribution in [2.75, 3.05) is 13.2 Å². The molecule has 0 amide bonds. The molecule has 0 aromatic rings. The molecule has 0 aliphatic rings. The molecule has 84 valence electrons. The van der Waals surface area contributed by atoms with Crippen LogP contribution < -0.4 is 0 Å². The minimum Gasteiger partial charge on any atom is -0.381 e. The van der Waals surface area contributed by atoms with Crippen molar-refractivity contribution in [2.24, 2.45) is 5.92 Å². The molecular weight excluding hydrogens is 176 g/mol. The Kier molecular flexibility index (Phi) is 10.4. The van der Waals surface area contributed by atoms with Gasteiger partial charge in [0.2, 0.25) is 0 Å². The first-order valence-electron chi connectivity index (χ1n) is 5.82. The maximum atomic E-state index is 10.2. The second kappa shape index (κ2) is 10.7. The first kappa shape index (κ1) is 13.6. The van der Waals surface area contributed by atoms with E-state index < -0.39 is 0 Å². The standard InChI is InChI=1S/C12H24O2/c1-3-4-5-6-7-10-14-11-12(2)8-9-13/h9,12H,3-8,10-11H2,1-2H3. The highest BCUT2D eigenvalue weighted by Crippen LogP contribution is 2.04. The topological polar surface area (TPSA) is 26.3 Å². The summed E-state index contributed by atoms with van der Waals surface area (Å²) in [6, 6.07) is 0. The molecule has 0 N–H and O–H groups in total. The first-order chi connectivity index (χ1) is 6.81. The van der Waals surface area contributed by atoms with Crippen LogP contribution in [0.1, 0.15) is 52.4 Å². The molecule has 0 fully saturated rings. The minimum absolute atomic E-state index is 0.378. The van der Waals surface area contributed by atoms with Crippen LogP contribution in [0.4, 0.5) is 0 Å². The van der Waals surface area contributed by atoms with E-state index in [0.717, 1.165) is 25.9 Å². The molecule has 0 spiro atoms. The average molecular weight is 200 g/mol. The molecule has 0 saturated carbocycles. The summed E-state index contributed by atoms with van der Waals surface area (Å²) < 4.78 is 5.47. The number of ether oxygens (including phenoxy) is 1. The number of unbranched alkanes of at least 4 members (excludes halogenated alkanes) is 4. The summed E-state index contributed by atoms with van der Waals surface area (Å²) >= 11 is 0. The van der Waals surface area contributed by atoms with Gasteiger partial charge in [0.05, 0.1) is 0 Å². The molecule has 1 atom stereocenters. The lowest BCUT2D eigenvalue weighted by Gasteiger charge is -2.08. The van der Waals surface area contributed by atoms with Crippen LogP contribution >= 0.6 is 0 Å². The predicted octanol–water partition coefficient (Wildman–Crippen LogP) is 3.20. The molecule has 0 rings (SSSR count). The highest BCUT2D eigenvalue weighted by molar-refractivity contribution is 5.49. The quantitative estimate of drug-likeness (QED) is 0.400. The summed E-state index contributed by atoms with van der Waals surface area (Å²) in [6.07, 6.45) is 7.97. The van der Waals surface area contributed by atoms with E-state index in [4.69, 9.17) is 4.74 Å². The Bertz CT molecular complexity index is 123. The van der Waals surface area contributed by atoms with E-state index in [-0.39, 0.29) is 0 Å². The Morgan fingerprint density at radius 2 is 1.93 bits per heavy atom. The third-order valence-corrected chi connectivity index (χ3v) is 2.29. The smallest absolute Gasteiger partial charge is 0.120 e. The van der Waals surface area contributed by atoms with Crippen LogP contribution in [0.3, 0.4) is 0 Å². The molecule has 0 heterocycles. The van der Waals surface area contributed by atoms with Crippen molar-refractivity contribution in [1.29, 1.82) is 0 Å². The van der Waals surface area contributed by atoms with Gasteiger partial charge < -0.3 is 9.53 Å². The van der Waals surface area contributed by atoms with E-state index >= 15 is 0 Å². The molecule has 2 heteroatoms. The highest BCUT2D eigenvalue weighted by atomic mass is 16.5. The molecule has 2 nitrogen and oxygen atoms in total. The van der Waals surface area contributed by atoms with E-state index in [1.807, 2.05) is 6.92 Å². The SMILES string of the molecule is CCCCCCCOCC(C)CC=O. The van der Waals surface area contributed by atoms with Crippen molar-refractivity contribution < 1.29 is 9.53 Å². The zero-order valence-electron chi connectivity index (χ0n) is 9.63. The van der Waals surface area contributed by atoms with Crippen molar-refractivity contribution in [1.82, 2.24) is 0 Å². The van der Waals surface area contributed by atoms with Gasteiger partial charge in [0.1, 0.15) is 6.29 Å². The molecular formula is C12H24O2. The number of aldehydes is 1. The molecule has 0 bridgehead atoms. The summed E-state index contributed by atoms with van der Waals surface area (Å²) in [5.41, 5.74) is 0. The van der Waals surface area contributed by atoms with Crippen LogP contribution in [0.2, 0.25) is 0 Å². The monoisotopic (exact) mass is 200 g/mol. The van der Waals surface area contributed by atoms with Gasteiger partial charge in [0.25, 0.3) is 0 Å². The Labute approximate surface area is 88.0 Å².